The van der Waals surface area contributed by atoms with Gasteiger partial charge in [-0.15, -0.1) is 0 Å². The quantitative estimate of drug-likeness (QED) is 0.717. The molecule has 28 heavy (non-hydrogen) atoms. The molecule has 2 amide bonds. The summed E-state index contributed by atoms with van der Waals surface area (Å²) in [5.74, 6) is -0.547. The number of benzene rings is 2. The number of likely N-dealkylation sites (N-methyl/N-ethyl adjacent to an activating group) is 1. The standard InChI is InChI=1S/C21H25FN2O4/c1-4-23-21(26)15(2)24(13-16-9-11-17(27-3)12-10-16)20(25)14-28-19-8-6-5-7-18(19)22/h5-12,15H,4,13-14H2,1-3H3,(H,23,26)/t15-/m0/s1. The maximum Gasteiger partial charge on any atom is 0.261 e. The number of halogens is 1. The number of ether oxygens (including phenoxy) is 2. The maximum atomic E-state index is 13.7. The van der Waals surface area contributed by atoms with E-state index in [9.17, 15) is 14.0 Å². The van der Waals surface area contributed by atoms with Crippen molar-refractivity contribution in [3.05, 3.63) is 59.9 Å². The first kappa shape index (κ1) is 21.2. The smallest absolute Gasteiger partial charge is 0.261 e. The molecule has 0 aromatic heterocycles. The molecule has 2 aromatic carbocycles. The largest absolute Gasteiger partial charge is 0.497 e. The van der Waals surface area contributed by atoms with E-state index in [1.807, 2.05) is 19.1 Å². The van der Waals surface area contributed by atoms with Crippen molar-refractivity contribution in [2.45, 2.75) is 26.4 Å². The van der Waals surface area contributed by atoms with Crippen molar-refractivity contribution in [1.82, 2.24) is 10.2 Å². The molecule has 0 aliphatic carbocycles. The van der Waals surface area contributed by atoms with Crippen molar-refractivity contribution < 1.29 is 23.5 Å². The van der Waals surface area contributed by atoms with Gasteiger partial charge in [0.05, 0.1) is 7.11 Å². The fourth-order valence-corrected chi connectivity index (χ4v) is 2.62. The van der Waals surface area contributed by atoms with Crippen LogP contribution < -0.4 is 14.8 Å². The Bertz CT molecular complexity index is 795. The molecule has 0 heterocycles. The Hall–Kier alpha value is -3.09. The first-order chi connectivity index (χ1) is 13.5. The number of rotatable bonds is 9. The Morgan fingerprint density at radius 2 is 1.82 bits per heavy atom. The van der Waals surface area contributed by atoms with Crippen LogP contribution in [0.4, 0.5) is 4.39 Å². The lowest BCUT2D eigenvalue weighted by Gasteiger charge is -2.28. The van der Waals surface area contributed by atoms with E-state index >= 15 is 0 Å². The summed E-state index contributed by atoms with van der Waals surface area (Å²) in [6.45, 7) is 3.75. The van der Waals surface area contributed by atoms with E-state index in [1.165, 1.54) is 23.1 Å². The van der Waals surface area contributed by atoms with E-state index in [-0.39, 0.29) is 24.8 Å². The molecule has 7 heteroatoms. The Labute approximate surface area is 164 Å². The van der Waals surface area contributed by atoms with Crippen LogP contribution in [-0.4, -0.2) is 43.0 Å². The summed E-state index contributed by atoms with van der Waals surface area (Å²) >= 11 is 0. The molecular weight excluding hydrogens is 363 g/mol. The van der Waals surface area contributed by atoms with Crippen LogP contribution in [0.1, 0.15) is 19.4 Å². The van der Waals surface area contributed by atoms with Gasteiger partial charge in [-0.05, 0) is 43.7 Å². The number of hydrogen-bond donors (Lipinski definition) is 1. The van der Waals surface area contributed by atoms with E-state index in [0.717, 1.165) is 5.56 Å². The molecule has 2 rings (SSSR count). The Morgan fingerprint density at radius 3 is 2.43 bits per heavy atom. The molecule has 0 aliphatic rings. The van der Waals surface area contributed by atoms with Gasteiger partial charge in [0, 0.05) is 13.1 Å². The summed E-state index contributed by atoms with van der Waals surface area (Å²) in [6.07, 6.45) is 0. The van der Waals surface area contributed by atoms with Crippen LogP contribution in [0.15, 0.2) is 48.5 Å². The number of nitrogens with one attached hydrogen (secondary N) is 1. The van der Waals surface area contributed by atoms with Crippen molar-refractivity contribution in [2.24, 2.45) is 0 Å². The lowest BCUT2D eigenvalue weighted by molar-refractivity contribution is -0.142. The molecule has 0 bridgehead atoms. The van der Waals surface area contributed by atoms with Crippen LogP contribution in [0.25, 0.3) is 0 Å². The number of para-hydroxylation sites is 1. The molecule has 1 atom stereocenters. The molecule has 150 valence electrons. The van der Waals surface area contributed by atoms with Crippen molar-refractivity contribution in [3.63, 3.8) is 0 Å². The van der Waals surface area contributed by atoms with Gasteiger partial charge in [0.2, 0.25) is 5.91 Å². The SMILES string of the molecule is CCNC(=O)[C@H](C)N(Cc1ccc(OC)cc1)C(=O)COc1ccccc1F. The van der Waals surface area contributed by atoms with Gasteiger partial charge in [0.25, 0.3) is 5.91 Å². The van der Waals surface area contributed by atoms with E-state index in [2.05, 4.69) is 5.32 Å². The molecule has 0 fully saturated rings. The number of hydrogen-bond acceptors (Lipinski definition) is 4. The van der Waals surface area contributed by atoms with Crippen molar-refractivity contribution in [3.8, 4) is 11.5 Å². The molecule has 0 saturated carbocycles. The first-order valence-electron chi connectivity index (χ1n) is 9.03. The summed E-state index contributed by atoms with van der Waals surface area (Å²) in [5, 5.41) is 2.71. The van der Waals surface area contributed by atoms with Gasteiger partial charge in [-0.3, -0.25) is 9.59 Å². The molecule has 0 spiro atoms. The average Bonchev–Trinajstić information content (AvgIpc) is 2.71. The normalized spacial score (nSPS) is 11.4. The highest BCUT2D eigenvalue weighted by atomic mass is 19.1. The number of amides is 2. The Balaban J connectivity index is 2.14. The lowest BCUT2D eigenvalue weighted by Crippen LogP contribution is -2.49. The summed E-state index contributed by atoms with van der Waals surface area (Å²) in [7, 11) is 1.57. The van der Waals surface area contributed by atoms with Crippen molar-refractivity contribution in [1.29, 1.82) is 0 Å². The molecule has 0 unspecified atom stereocenters. The topological polar surface area (TPSA) is 67.9 Å². The van der Waals surface area contributed by atoms with E-state index in [4.69, 9.17) is 9.47 Å². The van der Waals surface area contributed by atoms with Gasteiger partial charge in [-0.25, -0.2) is 4.39 Å². The molecule has 1 N–H and O–H groups in total. The molecule has 2 aromatic rings. The number of carbonyl (C=O) groups excluding carboxylic acids is 2. The second-order valence-electron chi connectivity index (χ2n) is 6.16. The minimum absolute atomic E-state index is 0.00842. The monoisotopic (exact) mass is 388 g/mol. The number of carbonyl (C=O) groups is 2. The van der Waals surface area contributed by atoms with Gasteiger partial charge >= 0.3 is 0 Å². The predicted molar refractivity (Wildman–Crippen MR) is 104 cm³/mol. The van der Waals surface area contributed by atoms with Gasteiger partial charge < -0.3 is 19.7 Å². The summed E-state index contributed by atoms with van der Waals surface area (Å²) in [5.41, 5.74) is 0.830. The van der Waals surface area contributed by atoms with Gasteiger partial charge in [0.15, 0.2) is 18.2 Å². The zero-order chi connectivity index (χ0) is 20.5. The minimum Gasteiger partial charge on any atom is -0.497 e. The summed E-state index contributed by atoms with van der Waals surface area (Å²) in [4.78, 5) is 26.5. The lowest BCUT2D eigenvalue weighted by atomic mass is 10.1. The second-order valence-corrected chi connectivity index (χ2v) is 6.16. The van der Waals surface area contributed by atoms with Crippen molar-refractivity contribution >= 4 is 11.8 Å². The van der Waals surface area contributed by atoms with E-state index in [1.54, 1.807) is 32.2 Å². The number of nitrogens with zero attached hydrogens (tertiary/aromatic N) is 1. The second kappa shape index (κ2) is 10.3. The average molecular weight is 388 g/mol. The van der Waals surface area contributed by atoms with Crippen LogP contribution in [0, 0.1) is 5.82 Å². The third-order valence-corrected chi connectivity index (χ3v) is 4.22. The third-order valence-electron chi connectivity index (χ3n) is 4.22. The fraction of sp³-hybridized carbons (Fsp3) is 0.333. The van der Waals surface area contributed by atoms with Crippen LogP contribution in [0.3, 0.4) is 0 Å². The fourth-order valence-electron chi connectivity index (χ4n) is 2.62. The maximum absolute atomic E-state index is 13.7. The number of methoxy groups -OCH3 is 1. The third kappa shape index (κ3) is 5.70. The molecule has 0 radical (unpaired) electrons. The van der Waals surface area contributed by atoms with Crippen LogP contribution in [0.2, 0.25) is 0 Å². The van der Waals surface area contributed by atoms with Crippen LogP contribution >= 0.6 is 0 Å². The summed E-state index contributed by atoms with van der Waals surface area (Å²) in [6, 6.07) is 12.4. The highest BCUT2D eigenvalue weighted by molar-refractivity contribution is 5.87. The molecule has 0 aliphatic heterocycles. The van der Waals surface area contributed by atoms with Crippen molar-refractivity contribution in [2.75, 3.05) is 20.3 Å². The van der Waals surface area contributed by atoms with E-state index < -0.39 is 17.8 Å². The van der Waals surface area contributed by atoms with Crippen LogP contribution in [0.5, 0.6) is 11.5 Å². The zero-order valence-corrected chi connectivity index (χ0v) is 16.3. The molecule has 0 saturated heterocycles. The van der Waals surface area contributed by atoms with Gasteiger partial charge in [-0.1, -0.05) is 24.3 Å². The Morgan fingerprint density at radius 1 is 1.14 bits per heavy atom. The van der Waals surface area contributed by atoms with E-state index in [0.29, 0.717) is 12.3 Å². The first-order valence-corrected chi connectivity index (χ1v) is 9.03. The predicted octanol–water partition coefficient (Wildman–Crippen LogP) is 2.77. The Kier molecular flexibility index (Phi) is 7.80. The van der Waals surface area contributed by atoms with Gasteiger partial charge in [-0.2, -0.15) is 0 Å². The van der Waals surface area contributed by atoms with Gasteiger partial charge in [0.1, 0.15) is 11.8 Å². The summed E-state index contributed by atoms with van der Waals surface area (Å²) < 4.78 is 24.2. The minimum atomic E-state index is -0.709. The molecule has 6 nitrogen and oxygen atoms in total. The van der Waals surface area contributed by atoms with Crippen LogP contribution in [-0.2, 0) is 16.1 Å². The highest BCUT2D eigenvalue weighted by Crippen LogP contribution is 2.17. The highest BCUT2D eigenvalue weighted by Gasteiger charge is 2.26. The zero-order valence-electron chi connectivity index (χ0n) is 16.3. The molecular formula is C21H25FN2O4.